The van der Waals surface area contributed by atoms with E-state index in [0.29, 0.717) is 35.2 Å². The van der Waals surface area contributed by atoms with Gasteiger partial charge in [-0.3, -0.25) is 14.4 Å². The largest absolute Gasteiger partial charge is 0.436 e. The van der Waals surface area contributed by atoms with Crippen molar-refractivity contribution in [3.63, 3.8) is 0 Å². The maximum atomic E-state index is 13.6. The zero-order valence-corrected chi connectivity index (χ0v) is 29.4. The number of thioether (sulfide) groups is 1. The molecule has 0 spiro atoms. The van der Waals surface area contributed by atoms with E-state index in [0.717, 1.165) is 27.1 Å². The molecule has 6 aromatic rings. The molecule has 0 saturated heterocycles. The summed E-state index contributed by atoms with van der Waals surface area (Å²) >= 11 is 1.41. The summed E-state index contributed by atoms with van der Waals surface area (Å²) in [6, 6.07) is 38.9. The molecule has 256 valence electrons. The highest BCUT2D eigenvalue weighted by molar-refractivity contribution is 8.00. The smallest absolute Gasteiger partial charge is 0.272 e. The molecular weight excluding hydrogens is 657 g/mol. The first-order valence-electron chi connectivity index (χ1n) is 16.8. The molecule has 3 N–H and O–H groups in total. The summed E-state index contributed by atoms with van der Waals surface area (Å²) in [6.07, 6.45) is 2.25. The van der Waals surface area contributed by atoms with E-state index in [9.17, 15) is 14.4 Å². The van der Waals surface area contributed by atoms with Crippen molar-refractivity contribution in [1.82, 2.24) is 10.3 Å². The fraction of sp³-hybridized carbons (Fsp3) is 0.143. The Morgan fingerprint density at radius 1 is 0.784 bits per heavy atom. The van der Waals surface area contributed by atoms with Crippen LogP contribution in [-0.2, 0) is 9.59 Å². The minimum Gasteiger partial charge on any atom is -0.436 e. The minimum absolute atomic E-state index is 0.104. The standard InChI is InChI=1S/C42H38N4O4S/c1-4-38(41(49)43-32-23-21-31(22-24-32)42-46-35-15-8-9-16-37(35)50-42)51-34-14-10-13-33(26-34)44-40(48)36(45-39(47)30-11-6-5-7-12-30)25-28-17-19-29(20-18-28)27(2)3/h5-27,38H,4H2,1-3H3,(H,43,49)(H,44,48)(H,45,47)/b36-25+. The Bertz CT molecular complexity index is 2140. The van der Waals surface area contributed by atoms with Gasteiger partial charge in [-0.25, -0.2) is 4.98 Å². The third-order valence-corrected chi connectivity index (χ3v) is 9.53. The number of rotatable bonds is 12. The molecule has 5 aromatic carbocycles. The van der Waals surface area contributed by atoms with Crippen LogP contribution in [0.2, 0.25) is 0 Å². The first kappa shape index (κ1) is 34.9. The Balaban J connectivity index is 1.13. The Morgan fingerprint density at radius 2 is 1.51 bits per heavy atom. The second-order valence-corrected chi connectivity index (χ2v) is 13.5. The number of carbonyl (C=O) groups is 3. The molecule has 0 aliphatic heterocycles. The van der Waals surface area contributed by atoms with Crippen molar-refractivity contribution in [2.24, 2.45) is 0 Å². The van der Waals surface area contributed by atoms with Crippen molar-refractivity contribution in [1.29, 1.82) is 0 Å². The monoisotopic (exact) mass is 694 g/mol. The molecule has 0 fully saturated rings. The molecule has 9 heteroatoms. The van der Waals surface area contributed by atoms with Gasteiger partial charge < -0.3 is 20.4 Å². The zero-order valence-electron chi connectivity index (χ0n) is 28.6. The molecule has 1 atom stereocenters. The summed E-state index contributed by atoms with van der Waals surface area (Å²) in [5.74, 6) is -0.114. The number of para-hydroxylation sites is 2. The fourth-order valence-corrected chi connectivity index (χ4v) is 6.35. The number of hydrogen-bond acceptors (Lipinski definition) is 6. The van der Waals surface area contributed by atoms with Crippen molar-refractivity contribution in [2.75, 3.05) is 10.6 Å². The van der Waals surface area contributed by atoms with Crippen molar-refractivity contribution in [2.45, 2.75) is 43.3 Å². The SMILES string of the molecule is CCC(Sc1cccc(NC(=O)/C(=C\c2ccc(C(C)C)cc2)NC(=O)c2ccccc2)c1)C(=O)Nc1ccc(-c2nc3ccccc3o2)cc1. The maximum absolute atomic E-state index is 13.6. The molecule has 0 radical (unpaired) electrons. The van der Waals surface area contributed by atoms with E-state index in [1.807, 2.05) is 104 Å². The number of hydrogen-bond donors (Lipinski definition) is 3. The normalized spacial score (nSPS) is 12.0. The number of anilines is 2. The summed E-state index contributed by atoms with van der Waals surface area (Å²) in [7, 11) is 0. The first-order chi connectivity index (χ1) is 24.7. The molecule has 1 heterocycles. The van der Waals surface area contributed by atoms with Gasteiger partial charge in [0, 0.05) is 27.4 Å². The molecule has 0 aliphatic rings. The molecule has 1 unspecified atom stereocenters. The average Bonchev–Trinajstić information content (AvgIpc) is 3.59. The average molecular weight is 695 g/mol. The molecule has 51 heavy (non-hydrogen) atoms. The third-order valence-electron chi connectivity index (χ3n) is 8.17. The molecule has 0 aliphatic carbocycles. The van der Waals surface area contributed by atoms with Crippen LogP contribution in [0.15, 0.2) is 142 Å². The molecule has 0 bridgehead atoms. The number of carbonyl (C=O) groups excluding carboxylic acids is 3. The summed E-state index contributed by atoms with van der Waals surface area (Å²) in [5, 5.41) is 8.35. The molecule has 0 saturated carbocycles. The van der Waals surface area contributed by atoms with Crippen LogP contribution < -0.4 is 16.0 Å². The van der Waals surface area contributed by atoms with Crippen LogP contribution in [0.4, 0.5) is 11.4 Å². The van der Waals surface area contributed by atoms with Crippen LogP contribution in [0.25, 0.3) is 28.6 Å². The first-order valence-corrected chi connectivity index (χ1v) is 17.7. The Kier molecular flexibility index (Phi) is 11.1. The van der Waals surface area contributed by atoms with Crippen molar-refractivity contribution >= 4 is 58.0 Å². The molecule has 6 rings (SSSR count). The van der Waals surface area contributed by atoms with Gasteiger partial charge in [-0.05, 0) is 96.3 Å². The maximum Gasteiger partial charge on any atom is 0.272 e. The van der Waals surface area contributed by atoms with Gasteiger partial charge in [0.05, 0.1) is 5.25 Å². The summed E-state index contributed by atoms with van der Waals surface area (Å²) in [6.45, 7) is 6.19. The highest BCUT2D eigenvalue weighted by Crippen LogP contribution is 2.30. The molecular formula is C42H38N4O4S. The van der Waals surface area contributed by atoms with Gasteiger partial charge in [0.2, 0.25) is 11.8 Å². The number of benzene rings is 5. The topological polar surface area (TPSA) is 113 Å². The lowest BCUT2D eigenvalue weighted by Crippen LogP contribution is -2.30. The number of nitrogens with zero attached hydrogens (tertiary/aromatic N) is 1. The van der Waals surface area contributed by atoms with Crippen LogP contribution in [-0.4, -0.2) is 28.0 Å². The van der Waals surface area contributed by atoms with Gasteiger partial charge in [0.1, 0.15) is 11.2 Å². The van der Waals surface area contributed by atoms with Crippen molar-refractivity contribution < 1.29 is 18.8 Å². The van der Waals surface area contributed by atoms with E-state index in [4.69, 9.17) is 4.42 Å². The lowest BCUT2D eigenvalue weighted by atomic mass is 10.0. The zero-order chi connectivity index (χ0) is 35.7. The number of amides is 3. The second-order valence-electron chi connectivity index (χ2n) is 12.2. The van der Waals surface area contributed by atoms with Gasteiger partial charge >= 0.3 is 0 Å². The third kappa shape index (κ3) is 9.00. The van der Waals surface area contributed by atoms with E-state index in [2.05, 4.69) is 34.8 Å². The number of fused-ring (bicyclic) bond motifs is 1. The Labute approximate surface area is 301 Å². The van der Waals surface area contributed by atoms with Gasteiger partial charge in [-0.2, -0.15) is 0 Å². The lowest BCUT2D eigenvalue weighted by Gasteiger charge is -2.16. The van der Waals surface area contributed by atoms with E-state index in [1.165, 1.54) is 17.3 Å². The van der Waals surface area contributed by atoms with Gasteiger partial charge in [0.15, 0.2) is 5.58 Å². The summed E-state index contributed by atoms with van der Waals surface area (Å²) in [4.78, 5) is 45.4. The van der Waals surface area contributed by atoms with Crippen molar-refractivity contribution in [3.8, 4) is 11.5 Å². The summed E-state index contributed by atoms with van der Waals surface area (Å²) < 4.78 is 5.87. The van der Waals surface area contributed by atoms with E-state index < -0.39 is 11.8 Å². The second kappa shape index (κ2) is 16.2. The quantitative estimate of drug-likeness (QED) is 0.0869. The van der Waals surface area contributed by atoms with Crippen LogP contribution in [0.1, 0.15) is 54.6 Å². The van der Waals surface area contributed by atoms with Crippen LogP contribution in [0.5, 0.6) is 0 Å². The van der Waals surface area contributed by atoms with Crippen molar-refractivity contribution in [3.05, 3.63) is 150 Å². The van der Waals surface area contributed by atoms with E-state index >= 15 is 0 Å². The predicted octanol–water partition coefficient (Wildman–Crippen LogP) is 9.54. The lowest BCUT2D eigenvalue weighted by molar-refractivity contribution is -0.116. The number of aromatic nitrogens is 1. The minimum atomic E-state index is -0.472. The van der Waals surface area contributed by atoms with E-state index in [1.54, 1.807) is 36.4 Å². The Hall–Kier alpha value is -5.93. The Morgan fingerprint density at radius 3 is 2.22 bits per heavy atom. The molecule has 1 aromatic heterocycles. The molecule has 3 amide bonds. The fourth-order valence-electron chi connectivity index (χ4n) is 5.33. The van der Waals surface area contributed by atoms with E-state index in [-0.39, 0.29) is 16.9 Å². The molecule has 8 nitrogen and oxygen atoms in total. The van der Waals surface area contributed by atoms with Crippen LogP contribution >= 0.6 is 11.8 Å². The highest BCUT2D eigenvalue weighted by atomic mass is 32.2. The predicted molar refractivity (Wildman–Crippen MR) is 205 cm³/mol. The van der Waals surface area contributed by atoms with Crippen LogP contribution in [0, 0.1) is 0 Å². The summed E-state index contributed by atoms with van der Waals surface area (Å²) in [5.41, 5.74) is 6.01. The number of nitrogens with one attached hydrogen (secondary N) is 3. The van der Waals surface area contributed by atoms with Gasteiger partial charge in [0.25, 0.3) is 11.8 Å². The number of oxazole rings is 1. The van der Waals surface area contributed by atoms with Crippen LogP contribution in [0.3, 0.4) is 0 Å². The van der Waals surface area contributed by atoms with Gasteiger partial charge in [-0.1, -0.05) is 81.4 Å². The highest BCUT2D eigenvalue weighted by Gasteiger charge is 2.20. The van der Waals surface area contributed by atoms with Gasteiger partial charge in [-0.15, -0.1) is 11.8 Å².